The monoisotopic (exact) mass is 582 g/mol. The highest BCUT2D eigenvalue weighted by molar-refractivity contribution is 7.89. The number of fused-ring (bicyclic) bond motifs is 5. The number of β-amino-alcohol motifs (C(OH)–C–C–N with tert-alkyl or cyclic N) is 1. The van der Waals surface area contributed by atoms with E-state index in [1.54, 1.807) is 0 Å². The maximum absolute atomic E-state index is 14.8. The topological polar surface area (TPSA) is 116 Å². The molecule has 0 aromatic heterocycles. The van der Waals surface area contributed by atoms with Gasteiger partial charge in [0, 0.05) is 62.9 Å². The Bertz CT molecular complexity index is 1560. The van der Waals surface area contributed by atoms with Crippen LogP contribution in [0.5, 0.6) is 11.5 Å². The van der Waals surface area contributed by atoms with Gasteiger partial charge in [-0.05, 0) is 42.3 Å². The highest BCUT2D eigenvalue weighted by atomic mass is 32.2. The van der Waals surface area contributed by atoms with Crippen molar-refractivity contribution in [2.75, 3.05) is 45.9 Å². The van der Waals surface area contributed by atoms with Gasteiger partial charge in [0.05, 0.1) is 17.6 Å². The van der Waals surface area contributed by atoms with E-state index in [4.69, 9.17) is 4.74 Å². The molecule has 3 atom stereocenters. The number of sulfonamides is 1. The second-order valence-electron chi connectivity index (χ2n) is 10.7. The summed E-state index contributed by atoms with van der Waals surface area (Å²) >= 11 is 0. The number of aliphatic hydroxyl groups excluding tert-OH is 1. The van der Waals surface area contributed by atoms with Gasteiger partial charge < -0.3 is 9.84 Å². The molecular formula is C29H31FN4O6S. The van der Waals surface area contributed by atoms with Gasteiger partial charge in [0.1, 0.15) is 17.3 Å². The number of ether oxygens (including phenoxy) is 1. The number of nitro benzene ring substituents is 1. The zero-order chi connectivity index (χ0) is 28.7. The minimum atomic E-state index is -4.43. The highest BCUT2D eigenvalue weighted by Gasteiger charge is 2.53. The predicted octanol–water partition coefficient (Wildman–Crippen LogP) is 3.74. The second kappa shape index (κ2) is 11.1. The lowest BCUT2D eigenvalue weighted by Crippen LogP contribution is -2.51. The van der Waals surface area contributed by atoms with Gasteiger partial charge in [-0.15, -0.1) is 0 Å². The Morgan fingerprint density at radius 3 is 2.39 bits per heavy atom. The molecular weight excluding hydrogens is 551 g/mol. The first-order valence-corrected chi connectivity index (χ1v) is 15.1. The molecule has 0 spiro atoms. The van der Waals surface area contributed by atoms with Gasteiger partial charge in [0.15, 0.2) is 4.90 Å². The van der Waals surface area contributed by atoms with Crippen molar-refractivity contribution in [3.8, 4) is 11.5 Å². The molecule has 3 heterocycles. The van der Waals surface area contributed by atoms with Crippen LogP contribution >= 0.6 is 0 Å². The molecule has 2 saturated heterocycles. The Hall–Kier alpha value is -3.42. The summed E-state index contributed by atoms with van der Waals surface area (Å²) < 4.78 is 51.5. The predicted molar refractivity (Wildman–Crippen MR) is 149 cm³/mol. The van der Waals surface area contributed by atoms with E-state index in [1.165, 1.54) is 46.8 Å². The molecule has 3 aliphatic rings. The van der Waals surface area contributed by atoms with Crippen molar-refractivity contribution in [1.82, 2.24) is 14.1 Å². The summed E-state index contributed by atoms with van der Waals surface area (Å²) in [6, 6.07) is 15.5. The zero-order valence-electron chi connectivity index (χ0n) is 22.3. The first-order chi connectivity index (χ1) is 19.8. The van der Waals surface area contributed by atoms with Gasteiger partial charge in [0.2, 0.25) is 0 Å². The first kappa shape index (κ1) is 27.7. The van der Waals surface area contributed by atoms with Crippen LogP contribution in [0.1, 0.15) is 29.5 Å². The number of nitrogens with zero attached hydrogens (tertiary/aromatic N) is 4. The Balaban J connectivity index is 1.48. The van der Waals surface area contributed by atoms with Gasteiger partial charge in [-0.3, -0.25) is 19.9 Å². The summed E-state index contributed by atoms with van der Waals surface area (Å²) in [5, 5.41) is 21.2. The fourth-order valence-corrected chi connectivity index (χ4v) is 8.49. The maximum atomic E-state index is 14.8. The summed E-state index contributed by atoms with van der Waals surface area (Å²) in [6.45, 7) is 3.92. The number of rotatable bonds is 7. The molecule has 0 bridgehead atoms. The standard InChI is InChI=1S/C29H31FN4O6S/c30-20-9-10-27-24(17-20)29-23(22-5-1-3-7-26(22)40-27)18-21(19-32-13-11-31(12-14-32)15-16-35)33(29)41(38,39)28-8-4-2-6-25(28)34(36)37/h1-10,17,21,23,29,35H,11-16,18-19H2/t21-,23-,29+/m1/s1. The van der Waals surface area contributed by atoms with Crippen LogP contribution in [0.25, 0.3) is 0 Å². The Labute approximate surface area is 237 Å². The Morgan fingerprint density at radius 1 is 0.951 bits per heavy atom. The molecule has 0 amide bonds. The third-order valence-electron chi connectivity index (χ3n) is 8.34. The molecule has 0 aliphatic carbocycles. The van der Waals surface area contributed by atoms with Crippen molar-refractivity contribution in [3.05, 3.63) is 93.8 Å². The second-order valence-corrected chi connectivity index (χ2v) is 12.5. The number of benzene rings is 3. The lowest BCUT2D eigenvalue weighted by atomic mass is 9.87. The maximum Gasteiger partial charge on any atom is 0.289 e. The number of piperazine rings is 1. The van der Waals surface area contributed by atoms with Crippen molar-refractivity contribution < 1.29 is 27.6 Å². The number of hydrogen-bond donors (Lipinski definition) is 1. The van der Waals surface area contributed by atoms with Gasteiger partial charge in [-0.1, -0.05) is 30.3 Å². The molecule has 2 fully saturated rings. The highest BCUT2D eigenvalue weighted by Crippen LogP contribution is 2.56. The average molecular weight is 583 g/mol. The van der Waals surface area contributed by atoms with Crippen LogP contribution < -0.4 is 4.74 Å². The van der Waals surface area contributed by atoms with Crippen molar-refractivity contribution in [3.63, 3.8) is 0 Å². The van der Waals surface area contributed by atoms with Crippen LogP contribution in [0, 0.1) is 15.9 Å². The summed E-state index contributed by atoms with van der Waals surface area (Å²) in [7, 11) is -4.43. The van der Waals surface area contributed by atoms with Gasteiger partial charge >= 0.3 is 0 Å². The van der Waals surface area contributed by atoms with Crippen LogP contribution in [0.3, 0.4) is 0 Å². The number of nitro groups is 1. The summed E-state index contributed by atoms with van der Waals surface area (Å²) in [6.07, 6.45) is 0.428. The molecule has 10 nitrogen and oxygen atoms in total. The van der Waals surface area contributed by atoms with Gasteiger partial charge in [-0.2, -0.15) is 4.31 Å². The van der Waals surface area contributed by atoms with E-state index in [1.807, 2.05) is 24.3 Å². The average Bonchev–Trinajstić information content (AvgIpc) is 3.29. The normalized spacial score (nSPS) is 23.2. The first-order valence-electron chi connectivity index (χ1n) is 13.7. The smallest absolute Gasteiger partial charge is 0.289 e. The van der Waals surface area contributed by atoms with Crippen LogP contribution in [-0.4, -0.2) is 84.5 Å². The third-order valence-corrected chi connectivity index (χ3v) is 10.3. The molecule has 3 aromatic rings. The molecule has 3 aromatic carbocycles. The van der Waals surface area contributed by atoms with Crippen molar-refractivity contribution in [1.29, 1.82) is 0 Å². The lowest BCUT2D eigenvalue weighted by Gasteiger charge is -2.38. The van der Waals surface area contributed by atoms with Crippen molar-refractivity contribution in [2.24, 2.45) is 0 Å². The molecule has 0 unspecified atom stereocenters. The van der Waals surface area contributed by atoms with E-state index in [-0.39, 0.29) is 17.4 Å². The van der Waals surface area contributed by atoms with Crippen molar-refractivity contribution >= 4 is 15.7 Å². The molecule has 12 heteroatoms. The van der Waals surface area contributed by atoms with Crippen LogP contribution in [0.15, 0.2) is 71.6 Å². The number of halogens is 1. The lowest BCUT2D eigenvalue weighted by molar-refractivity contribution is -0.387. The number of hydrogen-bond acceptors (Lipinski definition) is 8. The quantitative estimate of drug-likeness (QED) is 0.331. The van der Waals surface area contributed by atoms with Gasteiger partial charge in [0.25, 0.3) is 15.7 Å². The summed E-state index contributed by atoms with van der Waals surface area (Å²) in [5.74, 6) is 0.0394. The van der Waals surface area contributed by atoms with E-state index in [0.29, 0.717) is 49.7 Å². The number of aliphatic hydroxyl groups is 1. The summed E-state index contributed by atoms with van der Waals surface area (Å²) in [4.78, 5) is 15.2. The van der Waals surface area contributed by atoms with E-state index < -0.39 is 38.5 Å². The fraction of sp³-hybridized carbons (Fsp3) is 0.379. The fourth-order valence-electron chi connectivity index (χ4n) is 6.50. The zero-order valence-corrected chi connectivity index (χ0v) is 23.1. The molecule has 0 saturated carbocycles. The Morgan fingerprint density at radius 2 is 1.63 bits per heavy atom. The minimum absolute atomic E-state index is 0.0747. The Kier molecular flexibility index (Phi) is 7.51. The van der Waals surface area contributed by atoms with Crippen LogP contribution in [0.2, 0.25) is 0 Å². The summed E-state index contributed by atoms with van der Waals surface area (Å²) in [5.41, 5.74) is 0.702. The molecule has 1 N–H and O–H groups in total. The van der Waals surface area contributed by atoms with E-state index in [2.05, 4.69) is 9.80 Å². The van der Waals surface area contributed by atoms with Gasteiger partial charge in [-0.25, -0.2) is 12.8 Å². The van der Waals surface area contributed by atoms with E-state index >= 15 is 0 Å². The third kappa shape index (κ3) is 5.10. The molecule has 41 heavy (non-hydrogen) atoms. The van der Waals surface area contributed by atoms with Crippen LogP contribution in [0.4, 0.5) is 10.1 Å². The molecule has 0 radical (unpaired) electrons. The van der Waals surface area contributed by atoms with Crippen molar-refractivity contribution in [2.45, 2.75) is 29.3 Å². The molecule has 3 aliphatic heterocycles. The van der Waals surface area contributed by atoms with E-state index in [0.717, 1.165) is 18.7 Å². The molecule has 216 valence electrons. The SMILES string of the molecule is O=[N+]([O-])c1ccccc1S(=O)(=O)N1[C@@H](CN2CCN(CCO)CC2)C[C@@H]2c3ccccc3Oc3ccc(F)cc3[C@H]21. The largest absolute Gasteiger partial charge is 0.457 e. The number of para-hydroxylation sites is 2. The van der Waals surface area contributed by atoms with Crippen LogP contribution in [-0.2, 0) is 10.0 Å². The minimum Gasteiger partial charge on any atom is -0.457 e. The van der Waals surface area contributed by atoms with E-state index in [9.17, 15) is 28.0 Å². The molecule has 6 rings (SSSR count).